The van der Waals surface area contributed by atoms with Gasteiger partial charge in [-0.25, -0.2) is 0 Å². The summed E-state index contributed by atoms with van der Waals surface area (Å²) in [5.41, 5.74) is 6.19. The van der Waals surface area contributed by atoms with Gasteiger partial charge in [0.25, 0.3) is 0 Å². The highest BCUT2D eigenvalue weighted by atomic mass is 16.2. The molecule has 0 spiro atoms. The average molecular weight is 240 g/mol. The van der Waals surface area contributed by atoms with E-state index in [1.165, 1.54) is 6.42 Å². The molecule has 3 nitrogen and oxygen atoms in total. The summed E-state index contributed by atoms with van der Waals surface area (Å²) in [5, 5.41) is 0. The molecule has 1 heterocycles. The smallest absolute Gasteiger partial charge is 0.240 e. The van der Waals surface area contributed by atoms with E-state index in [9.17, 15) is 4.79 Å². The van der Waals surface area contributed by atoms with Gasteiger partial charge in [0.15, 0.2) is 0 Å². The highest BCUT2D eigenvalue weighted by Crippen LogP contribution is 2.33. The van der Waals surface area contributed by atoms with E-state index in [4.69, 9.17) is 5.73 Å². The molecule has 1 rings (SSSR count). The van der Waals surface area contributed by atoms with Crippen molar-refractivity contribution in [3.05, 3.63) is 0 Å². The SMILES string of the molecule is CCC1(C)CCCN(C(=O)[C@@H](N)C(C)(C)C)C1. The third-order valence-electron chi connectivity index (χ3n) is 4.15. The first-order valence-electron chi connectivity index (χ1n) is 6.74. The lowest BCUT2D eigenvalue weighted by Gasteiger charge is -2.42. The minimum Gasteiger partial charge on any atom is -0.341 e. The molecule has 0 aromatic carbocycles. The van der Waals surface area contributed by atoms with Crippen LogP contribution < -0.4 is 5.73 Å². The second kappa shape index (κ2) is 4.97. The normalized spacial score (nSPS) is 28.0. The molecule has 2 N–H and O–H groups in total. The molecule has 0 saturated carbocycles. The number of hydrogen-bond donors (Lipinski definition) is 1. The highest BCUT2D eigenvalue weighted by molar-refractivity contribution is 5.82. The molecule has 1 fully saturated rings. The molecule has 0 aliphatic carbocycles. The largest absolute Gasteiger partial charge is 0.341 e. The quantitative estimate of drug-likeness (QED) is 0.805. The van der Waals surface area contributed by atoms with Crippen LogP contribution >= 0.6 is 0 Å². The van der Waals surface area contributed by atoms with Gasteiger partial charge < -0.3 is 10.6 Å². The van der Waals surface area contributed by atoms with E-state index in [1.807, 2.05) is 25.7 Å². The molecule has 0 radical (unpaired) electrons. The van der Waals surface area contributed by atoms with E-state index >= 15 is 0 Å². The standard InChI is InChI=1S/C14H28N2O/c1-6-14(5)8-7-9-16(10-14)12(17)11(15)13(2,3)4/h11H,6-10,15H2,1-5H3/t11-,14?/m1/s1. The first-order chi connectivity index (χ1) is 7.69. The van der Waals surface area contributed by atoms with Gasteiger partial charge in [0.05, 0.1) is 6.04 Å². The molecule has 1 amide bonds. The molecular formula is C14H28N2O. The van der Waals surface area contributed by atoms with E-state index in [-0.39, 0.29) is 22.8 Å². The van der Waals surface area contributed by atoms with E-state index in [0.717, 1.165) is 25.9 Å². The average Bonchev–Trinajstić information content (AvgIpc) is 2.26. The fourth-order valence-electron chi connectivity index (χ4n) is 2.36. The molecule has 3 heteroatoms. The topological polar surface area (TPSA) is 46.3 Å². The van der Waals surface area contributed by atoms with Crippen LogP contribution in [0.25, 0.3) is 0 Å². The minimum atomic E-state index is -0.387. The lowest BCUT2D eigenvalue weighted by molar-refractivity contribution is -0.138. The van der Waals surface area contributed by atoms with Gasteiger partial charge in [0.2, 0.25) is 5.91 Å². The summed E-state index contributed by atoms with van der Waals surface area (Å²) in [6, 6.07) is -0.387. The molecule has 2 atom stereocenters. The van der Waals surface area contributed by atoms with Crippen molar-refractivity contribution in [1.29, 1.82) is 0 Å². The van der Waals surface area contributed by atoms with Crippen LogP contribution in [0.2, 0.25) is 0 Å². The molecular weight excluding hydrogens is 212 g/mol. The molecule has 0 bridgehead atoms. The van der Waals surface area contributed by atoms with Gasteiger partial charge in [-0.15, -0.1) is 0 Å². The van der Waals surface area contributed by atoms with Crippen molar-refractivity contribution in [2.75, 3.05) is 13.1 Å². The zero-order valence-electron chi connectivity index (χ0n) is 12.0. The first-order valence-corrected chi connectivity index (χ1v) is 6.74. The summed E-state index contributed by atoms with van der Waals surface area (Å²) < 4.78 is 0. The lowest BCUT2D eigenvalue weighted by atomic mass is 9.78. The number of piperidine rings is 1. The summed E-state index contributed by atoms with van der Waals surface area (Å²) in [6.45, 7) is 12.3. The fourth-order valence-corrected chi connectivity index (χ4v) is 2.36. The zero-order valence-corrected chi connectivity index (χ0v) is 12.0. The van der Waals surface area contributed by atoms with E-state index < -0.39 is 0 Å². The third-order valence-corrected chi connectivity index (χ3v) is 4.15. The number of hydrogen-bond acceptors (Lipinski definition) is 2. The number of amides is 1. The van der Waals surface area contributed by atoms with Gasteiger partial charge in [-0.3, -0.25) is 4.79 Å². The Kier molecular flexibility index (Phi) is 4.23. The minimum absolute atomic E-state index is 0.122. The van der Waals surface area contributed by atoms with Gasteiger partial charge in [-0.1, -0.05) is 34.6 Å². The molecule has 0 aromatic rings. The Balaban J connectivity index is 2.70. The van der Waals surface area contributed by atoms with Crippen molar-refractivity contribution in [2.45, 2.75) is 59.9 Å². The van der Waals surface area contributed by atoms with Crippen LogP contribution in [0, 0.1) is 10.8 Å². The molecule has 1 aliphatic heterocycles. The summed E-state index contributed by atoms with van der Waals surface area (Å²) in [4.78, 5) is 14.3. The van der Waals surface area contributed by atoms with Crippen molar-refractivity contribution in [1.82, 2.24) is 4.90 Å². The maximum Gasteiger partial charge on any atom is 0.240 e. The number of carbonyl (C=O) groups excluding carboxylic acids is 1. The number of carbonyl (C=O) groups is 1. The Morgan fingerprint density at radius 3 is 2.53 bits per heavy atom. The predicted molar refractivity (Wildman–Crippen MR) is 71.6 cm³/mol. The first kappa shape index (κ1) is 14.5. The van der Waals surface area contributed by atoms with Crippen LogP contribution in [0.15, 0.2) is 0 Å². The highest BCUT2D eigenvalue weighted by Gasteiger charge is 2.36. The third kappa shape index (κ3) is 3.44. The molecule has 100 valence electrons. The van der Waals surface area contributed by atoms with Crippen LogP contribution in [0.5, 0.6) is 0 Å². The van der Waals surface area contributed by atoms with E-state index in [1.54, 1.807) is 0 Å². The Labute approximate surface area is 106 Å². The Morgan fingerprint density at radius 2 is 2.06 bits per heavy atom. The summed E-state index contributed by atoms with van der Waals surface area (Å²) in [7, 11) is 0. The lowest BCUT2D eigenvalue weighted by Crippen LogP contribution is -2.54. The Morgan fingerprint density at radius 1 is 1.47 bits per heavy atom. The van der Waals surface area contributed by atoms with Gasteiger partial charge in [-0.2, -0.15) is 0 Å². The van der Waals surface area contributed by atoms with Crippen LogP contribution in [0.3, 0.4) is 0 Å². The second-order valence-corrected chi connectivity index (χ2v) is 6.87. The Hall–Kier alpha value is -0.570. The molecule has 1 aliphatic rings. The maximum absolute atomic E-state index is 12.3. The van der Waals surface area contributed by atoms with Crippen molar-refractivity contribution < 1.29 is 4.79 Å². The monoisotopic (exact) mass is 240 g/mol. The number of nitrogens with two attached hydrogens (primary N) is 1. The molecule has 0 aromatic heterocycles. The van der Waals surface area contributed by atoms with Gasteiger partial charge in [0, 0.05) is 13.1 Å². The second-order valence-electron chi connectivity index (χ2n) is 6.87. The summed E-state index contributed by atoms with van der Waals surface area (Å²) in [5.74, 6) is 0.122. The van der Waals surface area contributed by atoms with Gasteiger partial charge in [0.1, 0.15) is 0 Å². The van der Waals surface area contributed by atoms with Crippen LogP contribution in [-0.4, -0.2) is 29.9 Å². The summed E-state index contributed by atoms with van der Waals surface area (Å²) in [6.07, 6.45) is 3.45. The van der Waals surface area contributed by atoms with Crippen molar-refractivity contribution in [3.63, 3.8) is 0 Å². The maximum atomic E-state index is 12.3. The number of likely N-dealkylation sites (tertiary alicyclic amines) is 1. The zero-order chi connectivity index (χ0) is 13.3. The predicted octanol–water partition coefficient (Wildman–Crippen LogP) is 2.40. The van der Waals surface area contributed by atoms with Crippen LogP contribution in [-0.2, 0) is 4.79 Å². The fraction of sp³-hybridized carbons (Fsp3) is 0.929. The van der Waals surface area contributed by atoms with Crippen molar-refractivity contribution in [2.24, 2.45) is 16.6 Å². The molecule has 1 saturated heterocycles. The van der Waals surface area contributed by atoms with Crippen molar-refractivity contribution in [3.8, 4) is 0 Å². The van der Waals surface area contributed by atoms with Crippen molar-refractivity contribution >= 4 is 5.91 Å². The number of nitrogens with zero attached hydrogens (tertiary/aromatic N) is 1. The Bertz CT molecular complexity index is 282. The summed E-state index contributed by atoms with van der Waals surface area (Å²) >= 11 is 0. The van der Waals surface area contributed by atoms with Gasteiger partial charge >= 0.3 is 0 Å². The van der Waals surface area contributed by atoms with E-state index in [0.29, 0.717) is 0 Å². The van der Waals surface area contributed by atoms with Crippen LogP contribution in [0.1, 0.15) is 53.9 Å². The van der Waals surface area contributed by atoms with Gasteiger partial charge in [-0.05, 0) is 30.1 Å². The molecule has 1 unspecified atom stereocenters. The van der Waals surface area contributed by atoms with Crippen LogP contribution in [0.4, 0.5) is 0 Å². The molecule has 17 heavy (non-hydrogen) atoms. The number of rotatable bonds is 2. The van der Waals surface area contributed by atoms with E-state index in [2.05, 4.69) is 13.8 Å².